The number of rotatable bonds is 4. The van der Waals surface area contributed by atoms with E-state index in [9.17, 15) is 9.59 Å². The van der Waals surface area contributed by atoms with Crippen LogP contribution in [-0.2, 0) is 6.54 Å². The van der Waals surface area contributed by atoms with Gasteiger partial charge in [-0.1, -0.05) is 6.07 Å². The maximum absolute atomic E-state index is 12.1. The van der Waals surface area contributed by atoms with Gasteiger partial charge >= 0.3 is 12.0 Å². The highest BCUT2D eigenvalue weighted by molar-refractivity contribution is 9.11. The van der Waals surface area contributed by atoms with E-state index < -0.39 is 5.97 Å². The Bertz CT molecular complexity index is 672. The summed E-state index contributed by atoms with van der Waals surface area (Å²) in [5, 5.41) is 13.6. The number of thiophene rings is 1. The fraction of sp³-hybridized carbons (Fsp3) is 0.143. The van der Waals surface area contributed by atoms with Crippen LogP contribution in [0.25, 0.3) is 0 Å². The molecule has 1 aromatic carbocycles. The molecule has 2 aromatic rings. The lowest BCUT2D eigenvalue weighted by molar-refractivity contribution is 0.0697. The molecule has 0 unspecified atom stereocenters. The topological polar surface area (TPSA) is 69.6 Å². The van der Waals surface area contributed by atoms with Crippen molar-refractivity contribution in [2.24, 2.45) is 0 Å². The van der Waals surface area contributed by atoms with Crippen LogP contribution in [0.5, 0.6) is 0 Å². The third-order valence-corrected chi connectivity index (χ3v) is 4.30. The van der Waals surface area contributed by atoms with Crippen molar-refractivity contribution in [1.29, 1.82) is 0 Å². The second-order valence-corrected chi connectivity index (χ2v) is 6.72. The number of aromatic carboxylic acids is 1. The predicted octanol–water partition coefficient (Wildman–Crippen LogP) is 3.87. The minimum Gasteiger partial charge on any atom is -0.478 e. The maximum Gasteiger partial charge on any atom is 0.335 e. The summed E-state index contributed by atoms with van der Waals surface area (Å²) >= 11 is 4.94. The lowest BCUT2D eigenvalue weighted by atomic mass is 10.2. The molecule has 21 heavy (non-hydrogen) atoms. The summed E-state index contributed by atoms with van der Waals surface area (Å²) in [5.74, 6) is -1.03. The Morgan fingerprint density at radius 3 is 2.76 bits per heavy atom. The molecule has 0 radical (unpaired) electrons. The lowest BCUT2D eigenvalue weighted by Crippen LogP contribution is -2.30. The fourth-order valence-electron chi connectivity index (χ4n) is 1.72. The van der Waals surface area contributed by atoms with Gasteiger partial charge in [-0.05, 0) is 51.1 Å². The number of carbonyl (C=O) groups excluding carboxylic acids is 1. The van der Waals surface area contributed by atoms with Gasteiger partial charge in [-0.3, -0.25) is 0 Å². The van der Waals surface area contributed by atoms with Crippen molar-refractivity contribution in [1.82, 2.24) is 4.90 Å². The Morgan fingerprint density at radius 2 is 2.14 bits per heavy atom. The monoisotopic (exact) mass is 368 g/mol. The average Bonchev–Trinajstić information content (AvgIpc) is 2.84. The van der Waals surface area contributed by atoms with Crippen LogP contribution in [0.2, 0.25) is 0 Å². The predicted molar refractivity (Wildman–Crippen MR) is 85.9 cm³/mol. The summed E-state index contributed by atoms with van der Waals surface area (Å²) in [6, 6.07) is 7.81. The van der Waals surface area contributed by atoms with E-state index in [-0.39, 0.29) is 11.6 Å². The second-order valence-electron chi connectivity index (χ2n) is 4.43. The van der Waals surface area contributed by atoms with Gasteiger partial charge in [0.05, 0.1) is 9.35 Å². The van der Waals surface area contributed by atoms with E-state index in [1.165, 1.54) is 17.0 Å². The zero-order valence-corrected chi connectivity index (χ0v) is 13.6. The Labute approximate surface area is 134 Å². The van der Waals surface area contributed by atoms with E-state index in [1.54, 1.807) is 30.5 Å². The molecule has 110 valence electrons. The zero-order chi connectivity index (χ0) is 15.4. The van der Waals surface area contributed by atoms with Crippen LogP contribution in [0.1, 0.15) is 15.9 Å². The first-order valence-electron chi connectivity index (χ1n) is 6.04. The van der Waals surface area contributed by atoms with Crippen molar-refractivity contribution in [2.75, 3.05) is 12.4 Å². The summed E-state index contributed by atoms with van der Waals surface area (Å²) in [6.07, 6.45) is 0. The third-order valence-electron chi connectivity index (χ3n) is 2.75. The van der Waals surface area contributed by atoms with Crippen LogP contribution < -0.4 is 5.32 Å². The molecule has 0 aliphatic rings. The molecule has 0 bridgehead atoms. The fourth-order valence-corrected chi connectivity index (χ4v) is 2.92. The highest BCUT2D eigenvalue weighted by Crippen LogP contribution is 2.21. The second kappa shape index (κ2) is 6.73. The van der Waals surface area contributed by atoms with Gasteiger partial charge in [-0.25, -0.2) is 9.59 Å². The molecular formula is C14H13BrN2O3S. The standard InChI is InChI=1S/C14H13BrN2O3S/c1-17(7-9-5-12(15)21-8-9)14(20)16-11-4-2-3-10(6-11)13(18)19/h2-6,8H,7H2,1H3,(H,16,20)(H,18,19). The largest absolute Gasteiger partial charge is 0.478 e. The van der Waals surface area contributed by atoms with Crippen LogP contribution in [0.3, 0.4) is 0 Å². The summed E-state index contributed by atoms with van der Waals surface area (Å²) in [4.78, 5) is 24.5. The molecule has 0 spiro atoms. The number of anilines is 1. The first-order valence-corrected chi connectivity index (χ1v) is 7.71. The number of amides is 2. The first kappa shape index (κ1) is 15.5. The number of halogens is 1. The highest BCUT2D eigenvalue weighted by atomic mass is 79.9. The van der Waals surface area contributed by atoms with E-state index in [1.807, 2.05) is 11.4 Å². The lowest BCUT2D eigenvalue weighted by Gasteiger charge is -2.17. The molecule has 2 amide bonds. The molecular weight excluding hydrogens is 356 g/mol. The van der Waals surface area contributed by atoms with Crippen molar-refractivity contribution in [2.45, 2.75) is 6.54 Å². The van der Waals surface area contributed by atoms with Gasteiger partial charge in [0.2, 0.25) is 0 Å². The molecule has 2 N–H and O–H groups in total. The number of carboxylic acid groups (broad SMARTS) is 1. The molecule has 0 saturated heterocycles. The van der Waals surface area contributed by atoms with Crippen molar-refractivity contribution in [3.63, 3.8) is 0 Å². The van der Waals surface area contributed by atoms with Crippen molar-refractivity contribution in [3.05, 3.63) is 50.6 Å². The smallest absolute Gasteiger partial charge is 0.335 e. The summed E-state index contributed by atoms with van der Waals surface area (Å²) < 4.78 is 1.01. The van der Waals surface area contributed by atoms with E-state index >= 15 is 0 Å². The SMILES string of the molecule is CN(Cc1csc(Br)c1)C(=O)Nc1cccc(C(=O)O)c1. The minimum atomic E-state index is -1.03. The van der Waals surface area contributed by atoms with Crippen molar-refractivity contribution in [3.8, 4) is 0 Å². The number of carboxylic acids is 1. The van der Waals surface area contributed by atoms with E-state index in [2.05, 4.69) is 21.2 Å². The molecule has 1 heterocycles. The molecule has 1 aromatic heterocycles. The van der Waals surface area contributed by atoms with Gasteiger partial charge in [-0.15, -0.1) is 11.3 Å². The normalized spacial score (nSPS) is 10.2. The third kappa shape index (κ3) is 4.30. The van der Waals surface area contributed by atoms with E-state index in [4.69, 9.17) is 5.11 Å². The number of nitrogens with one attached hydrogen (secondary N) is 1. The van der Waals surface area contributed by atoms with Crippen LogP contribution in [0.4, 0.5) is 10.5 Å². The molecule has 0 saturated carbocycles. The molecule has 2 rings (SSSR count). The summed E-state index contributed by atoms with van der Waals surface area (Å²) in [7, 11) is 1.68. The average molecular weight is 369 g/mol. The van der Waals surface area contributed by atoms with Gasteiger partial charge in [0, 0.05) is 19.3 Å². The Balaban J connectivity index is 2.00. The van der Waals surface area contributed by atoms with Gasteiger partial charge in [0.1, 0.15) is 0 Å². The van der Waals surface area contributed by atoms with Crippen molar-refractivity contribution >= 4 is 45.0 Å². The minimum absolute atomic E-state index is 0.136. The number of benzene rings is 1. The van der Waals surface area contributed by atoms with E-state index in [0.717, 1.165) is 9.35 Å². The maximum atomic E-state index is 12.1. The molecule has 0 fully saturated rings. The van der Waals surface area contributed by atoms with Crippen molar-refractivity contribution < 1.29 is 14.7 Å². The zero-order valence-electron chi connectivity index (χ0n) is 11.2. The molecule has 0 aliphatic carbocycles. The van der Waals surface area contributed by atoms with Crippen LogP contribution in [-0.4, -0.2) is 29.1 Å². The Hall–Kier alpha value is -1.86. The van der Waals surface area contributed by atoms with Crippen LogP contribution >= 0.6 is 27.3 Å². The van der Waals surface area contributed by atoms with Gasteiger partial charge in [0.15, 0.2) is 0 Å². The van der Waals surface area contributed by atoms with Gasteiger partial charge in [0.25, 0.3) is 0 Å². The first-order chi connectivity index (χ1) is 9.95. The summed E-state index contributed by atoms with van der Waals surface area (Å²) in [6.45, 7) is 0.479. The Kier molecular flexibility index (Phi) is 4.98. The number of hydrogen-bond acceptors (Lipinski definition) is 3. The Morgan fingerprint density at radius 1 is 1.38 bits per heavy atom. The van der Waals surface area contributed by atoms with Gasteiger partial charge in [-0.2, -0.15) is 0 Å². The van der Waals surface area contributed by atoms with Crippen LogP contribution in [0.15, 0.2) is 39.5 Å². The van der Waals surface area contributed by atoms with E-state index in [0.29, 0.717) is 12.2 Å². The number of nitrogens with zero attached hydrogens (tertiary/aromatic N) is 1. The number of urea groups is 1. The quantitative estimate of drug-likeness (QED) is 0.860. The number of carbonyl (C=O) groups is 2. The molecule has 0 atom stereocenters. The number of hydrogen-bond donors (Lipinski definition) is 2. The van der Waals surface area contributed by atoms with Gasteiger partial charge < -0.3 is 15.3 Å². The summed E-state index contributed by atoms with van der Waals surface area (Å²) in [5.41, 5.74) is 1.62. The molecule has 5 nitrogen and oxygen atoms in total. The molecule has 7 heteroatoms. The molecule has 0 aliphatic heterocycles. The highest BCUT2D eigenvalue weighted by Gasteiger charge is 2.11. The van der Waals surface area contributed by atoms with Crippen LogP contribution in [0, 0.1) is 0 Å².